The van der Waals surface area contributed by atoms with Gasteiger partial charge >= 0.3 is 0 Å². The summed E-state index contributed by atoms with van der Waals surface area (Å²) in [6, 6.07) is 0. The lowest BCUT2D eigenvalue weighted by molar-refractivity contribution is 0.283. The molecule has 1 aliphatic rings. The van der Waals surface area contributed by atoms with Crippen molar-refractivity contribution in [1.82, 2.24) is 9.55 Å². The molecule has 0 aliphatic heterocycles. The molecule has 3 heteroatoms. The number of anilines is 1. The lowest BCUT2D eigenvalue weighted by Crippen LogP contribution is -2.20. The van der Waals surface area contributed by atoms with Crippen LogP contribution in [0.1, 0.15) is 32.6 Å². The lowest BCUT2D eigenvalue weighted by atomic mass is 9.89. The minimum atomic E-state index is 0.492. The number of hydrogen-bond acceptors (Lipinski definition) is 2. The first-order valence-corrected chi connectivity index (χ1v) is 5.42. The Balaban J connectivity index is 2.09. The minimum absolute atomic E-state index is 0.492. The Morgan fingerprint density at radius 2 is 2.21 bits per heavy atom. The van der Waals surface area contributed by atoms with Gasteiger partial charge in [0, 0.05) is 26.0 Å². The fraction of sp³-hybridized carbons (Fsp3) is 0.727. The van der Waals surface area contributed by atoms with Crippen molar-refractivity contribution in [2.75, 3.05) is 12.4 Å². The molecule has 1 heterocycles. The standard InChI is InChI=1S/C11H19N3/c1-11(5-3-4-6-11)9-14-8-7-13-10(14)12-2/h7-8H,3-6,9H2,1-2H3,(H,12,13). The Labute approximate surface area is 85.5 Å². The normalized spacial score (nSPS) is 19.9. The van der Waals surface area contributed by atoms with E-state index in [0.29, 0.717) is 5.41 Å². The number of aromatic nitrogens is 2. The highest BCUT2D eigenvalue weighted by molar-refractivity contribution is 5.24. The van der Waals surface area contributed by atoms with Crippen molar-refractivity contribution in [3.8, 4) is 0 Å². The maximum absolute atomic E-state index is 4.26. The first kappa shape index (κ1) is 9.56. The smallest absolute Gasteiger partial charge is 0.202 e. The van der Waals surface area contributed by atoms with Crippen molar-refractivity contribution < 1.29 is 0 Å². The van der Waals surface area contributed by atoms with Gasteiger partial charge in [-0.2, -0.15) is 0 Å². The van der Waals surface area contributed by atoms with E-state index in [9.17, 15) is 0 Å². The van der Waals surface area contributed by atoms with Crippen LogP contribution in [0.3, 0.4) is 0 Å². The van der Waals surface area contributed by atoms with Gasteiger partial charge in [-0.1, -0.05) is 19.8 Å². The summed E-state index contributed by atoms with van der Waals surface area (Å²) < 4.78 is 2.23. The van der Waals surface area contributed by atoms with E-state index in [2.05, 4.69) is 28.0 Å². The first-order chi connectivity index (χ1) is 6.73. The van der Waals surface area contributed by atoms with E-state index in [-0.39, 0.29) is 0 Å². The molecule has 1 aromatic rings. The Hall–Kier alpha value is -0.990. The number of rotatable bonds is 3. The zero-order chi connectivity index (χ0) is 10.0. The van der Waals surface area contributed by atoms with Gasteiger partial charge in [-0.15, -0.1) is 0 Å². The molecule has 78 valence electrons. The van der Waals surface area contributed by atoms with Crippen LogP contribution in [0.4, 0.5) is 5.95 Å². The minimum Gasteiger partial charge on any atom is -0.359 e. The van der Waals surface area contributed by atoms with E-state index in [4.69, 9.17) is 0 Å². The molecule has 0 aromatic carbocycles. The second kappa shape index (κ2) is 3.64. The van der Waals surface area contributed by atoms with Gasteiger partial charge in [0.1, 0.15) is 0 Å². The van der Waals surface area contributed by atoms with Crippen LogP contribution in [0.2, 0.25) is 0 Å². The Bertz CT molecular complexity index is 297. The van der Waals surface area contributed by atoms with E-state index in [1.807, 2.05) is 13.2 Å². The van der Waals surface area contributed by atoms with E-state index in [0.717, 1.165) is 12.5 Å². The van der Waals surface area contributed by atoms with Gasteiger partial charge in [-0.3, -0.25) is 0 Å². The number of imidazole rings is 1. The van der Waals surface area contributed by atoms with E-state index in [1.165, 1.54) is 25.7 Å². The van der Waals surface area contributed by atoms with Crippen LogP contribution in [0.25, 0.3) is 0 Å². The number of nitrogens with one attached hydrogen (secondary N) is 1. The fourth-order valence-corrected chi connectivity index (χ4v) is 2.46. The molecule has 0 radical (unpaired) electrons. The molecule has 1 aromatic heterocycles. The first-order valence-electron chi connectivity index (χ1n) is 5.42. The summed E-state index contributed by atoms with van der Waals surface area (Å²) in [5, 5.41) is 3.12. The molecule has 0 atom stereocenters. The highest BCUT2D eigenvalue weighted by Gasteiger charge is 2.29. The van der Waals surface area contributed by atoms with Gasteiger partial charge in [-0.25, -0.2) is 4.98 Å². The average molecular weight is 193 g/mol. The third-order valence-corrected chi connectivity index (χ3v) is 3.30. The van der Waals surface area contributed by atoms with E-state index in [1.54, 1.807) is 0 Å². The summed E-state index contributed by atoms with van der Waals surface area (Å²) in [5.74, 6) is 0.984. The van der Waals surface area contributed by atoms with E-state index < -0.39 is 0 Å². The van der Waals surface area contributed by atoms with Gasteiger partial charge in [0.15, 0.2) is 0 Å². The van der Waals surface area contributed by atoms with Crippen LogP contribution < -0.4 is 5.32 Å². The van der Waals surface area contributed by atoms with Crippen molar-refractivity contribution in [2.24, 2.45) is 5.41 Å². The maximum Gasteiger partial charge on any atom is 0.202 e. The Kier molecular flexibility index (Phi) is 2.48. The van der Waals surface area contributed by atoms with Crippen molar-refractivity contribution in [3.63, 3.8) is 0 Å². The van der Waals surface area contributed by atoms with Gasteiger partial charge in [0.05, 0.1) is 0 Å². The van der Waals surface area contributed by atoms with Crippen LogP contribution in [-0.4, -0.2) is 16.6 Å². The monoisotopic (exact) mass is 193 g/mol. The molecule has 0 bridgehead atoms. The van der Waals surface area contributed by atoms with Crippen molar-refractivity contribution >= 4 is 5.95 Å². The second-order valence-corrected chi connectivity index (χ2v) is 4.65. The highest BCUT2D eigenvalue weighted by Crippen LogP contribution is 2.39. The molecule has 0 unspecified atom stereocenters. The molecule has 2 rings (SSSR count). The molecule has 0 amide bonds. The SMILES string of the molecule is CNc1nccn1CC1(C)CCCC1. The summed E-state index contributed by atoms with van der Waals surface area (Å²) in [5.41, 5.74) is 0.492. The number of nitrogens with zero attached hydrogens (tertiary/aromatic N) is 2. The van der Waals surface area contributed by atoms with Crippen molar-refractivity contribution in [3.05, 3.63) is 12.4 Å². The molecule has 14 heavy (non-hydrogen) atoms. The van der Waals surface area contributed by atoms with Crippen molar-refractivity contribution in [1.29, 1.82) is 0 Å². The van der Waals surface area contributed by atoms with E-state index >= 15 is 0 Å². The molecule has 1 fully saturated rings. The maximum atomic E-state index is 4.26. The molecule has 1 saturated carbocycles. The molecule has 1 aliphatic carbocycles. The second-order valence-electron chi connectivity index (χ2n) is 4.65. The van der Waals surface area contributed by atoms with Crippen molar-refractivity contribution in [2.45, 2.75) is 39.2 Å². The largest absolute Gasteiger partial charge is 0.359 e. The van der Waals surface area contributed by atoms with Crippen LogP contribution in [0.5, 0.6) is 0 Å². The van der Waals surface area contributed by atoms with Crippen LogP contribution in [0, 0.1) is 5.41 Å². The average Bonchev–Trinajstić information content (AvgIpc) is 2.75. The Morgan fingerprint density at radius 1 is 1.50 bits per heavy atom. The van der Waals surface area contributed by atoms with Gasteiger partial charge < -0.3 is 9.88 Å². The Morgan fingerprint density at radius 3 is 2.86 bits per heavy atom. The molecule has 0 spiro atoms. The van der Waals surface area contributed by atoms with Gasteiger partial charge in [0.2, 0.25) is 5.95 Å². The summed E-state index contributed by atoms with van der Waals surface area (Å²) in [6.07, 6.45) is 9.42. The highest BCUT2D eigenvalue weighted by atomic mass is 15.2. The summed E-state index contributed by atoms with van der Waals surface area (Å²) in [4.78, 5) is 4.26. The fourth-order valence-electron chi connectivity index (χ4n) is 2.46. The predicted molar refractivity (Wildman–Crippen MR) is 58.3 cm³/mol. The van der Waals surface area contributed by atoms with Crippen LogP contribution in [0.15, 0.2) is 12.4 Å². The number of hydrogen-bond donors (Lipinski definition) is 1. The lowest BCUT2D eigenvalue weighted by Gasteiger charge is -2.24. The summed E-state index contributed by atoms with van der Waals surface area (Å²) in [6.45, 7) is 3.49. The summed E-state index contributed by atoms with van der Waals surface area (Å²) >= 11 is 0. The third-order valence-electron chi connectivity index (χ3n) is 3.30. The van der Waals surface area contributed by atoms with Crippen LogP contribution >= 0.6 is 0 Å². The zero-order valence-corrected chi connectivity index (χ0v) is 9.08. The molecular weight excluding hydrogens is 174 g/mol. The topological polar surface area (TPSA) is 29.9 Å². The summed E-state index contributed by atoms with van der Waals surface area (Å²) in [7, 11) is 1.93. The third kappa shape index (κ3) is 1.76. The van der Waals surface area contributed by atoms with Crippen LogP contribution in [-0.2, 0) is 6.54 Å². The van der Waals surface area contributed by atoms with Gasteiger partial charge in [0.25, 0.3) is 0 Å². The zero-order valence-electron chi connectivity index (χ0n) is 9.08. The predicted octanol–water partition coefficient (Wildman–Crippen LogP) is 2.51. The molecule has 3 nitrogen and oxygen atoms in total. The molecule has 0 saturated heterocycles. The molecular formula is C11H19N3. The van der Waals surface area contributed by atoms with Gasteiger partial charge in [-0.05, 0) is 18.3 Å². The quantitative estimate of drug-likeness (QED) is 0.799. The molecule has 1 N–H and O–H groups in total.